The van der Waals surface area contributed by atoms with Crippen LogP contribution in [0.1, 0.15) is 39.9 Å². The molecule has 0 radical (unpaired) electrons. The Morgan fingerprint density at radius 3 is 2.88 bits per heavy atom. The van der Waals surface area contributed by atoms with Crippen LogP contribution in [0.3, 0.4) is 0 Å². The van der Waals surface area contributed by atoms with Gasteiger partial charge in [0.05, 0.1) is 12.0 Å². The first kappa shape index (κ1) is 16.7. The van der Waals surface area contributed by atoms with Crippen molar-refractivity contribution in [2.45, 2.75) is 32.2 Å². The molecule has 1 aromatic carbocycles. The fourth-order valence-corrected chi connectivity index (χ4v) is 4.00. The first-order chi connectivity index (χ1) is 12.6. The van der Waals surface area contributed by atoms with Crippen molar-refractivity contribution in [2.75, 3.05) is 6.54 Å². The van der Waals surface area contributed by atoms with Gasteiger partial charge in [0.25, 0.3) is 5.91 Å². The molecular weight excluding hydrogens is 330 g/mol. The second-order valence-corrected chi connectivity index (χ2v) is 7.17. The third-order valence-electron chi connectivity index (χ3n) is 5.52. The minimum atomic E-state index is -0.452. The van der Waals surface area contributed by atoms with Crippen molar-refractivity contribution in [3.63, 3.8) is 0 Å². The van der Waals surface area contributed by atoms with Gasteiger partial charge in [-0.05, 0) is 60.6 Å². The van der Waals surface area contributed by atoms with Crippen molar-refractivity contribution >= 4 is 11.8 Å². The number of hydroxylamine groups is 2. The number of rotatable bonds is 3. The van der Waals surface area contributed by atoms with E-state index in [0.29, 0.717) is 17.0 Å². The molecule has 0 bridgehead atoms. The van der Waals surface area contributed by atoms with Gasteiger partial charge >= 0.3 is 0 Å². The molecule has 6 nitrogen and oxygen atoms in total. The van der Waals surface area contributed by atoms with Crippen molar-refractivity contribution in [3.05, 3.63) is 65.0 Å². The van der Waals surface area contributed by atoms with Crippen LogP contribution in [-0.4, -0.2) is 33.6 Å². The minimum Gasteiger partial charge on any atom is -0.356 e. The molecule has 2 amide bonds. The summed E-state index contributed by atoms with van der Waals surface area (Å²) in [5.74, 6) is -0.326. The van der Waals surface area contributed by atoms with E-state index in [1.165, 1.54) is 5.56 Å². The number of hydrogen-bond donors (Lipinski definition) is 2. The normalized spacial score (nSPS) is 21.3. The minimum absolute atomic E-state index is 0.0795. The van der Waals surface area contributed by atoms with Gasteiger partial charge in [-0.1, -0.05) is 12.1 Å². The molecule has 134 valence electrons. The lowest BCUT2D eigenvalue weighted by Gasteiger charge is -2.32. The maximum Gasteiger partial charge on any atom is 0.277 e. The summed E-state index contributed by atoms with van der Waals surface area (Å²) in [6, 6.07) is 9.09. The molecule has 26 heavy (non-hydrogen) atoms. The van der Waals surface area contributed by atoms with Crippen molar-refractivity contribution < 1.29 is 14.8 Å². The zero-order valence-electron chi connectivity index (χ0n) is 14.4. The van der Waals surface area contributed by atoms with Crippen LogP contribution < -0.4 is 5.32 Å². The van der Waals surface area contributed by atoms with Crippen molar-refractivity contribution in [1.29, 1.82) is 0 Å². The molecule has 0 unspecified atom stereocenters. The van der Waals surface area contributed by atoms with Gasteiger partial charge in [-0.25, -0.2) is 5.06 Å². The first-order valence-electron chi connectivity index (χ1n) is 8.87. The van der Waals surface area contributed by atoms with E-state index in [4.69, 9.17) is 0 Å². The van der Waals surface area contributed by atoms with E-state index < -0.39 is 5.91 Å². The van der Waals surface area contributed by atoms with Crippen LogP contribution in [-0.2, 0) is 24.2 Å². The van der Waals surface area contributed by atoms with Crippen LogP contribution >= 0.6 is 0 Å². The van der Waals surface area contributed by atoms with Gasteiger partial charge in [-0.2, -0.15) is 0 Å². The van der Waals surface area contributed by atoms with Crippen LogP contribution in [0, 0.1) is 5.41 Å². The van der Waals surface area contributed by atoms with Gasteiger partial charge in [0.1, 0.15) is 0 Å². The summed E-state index contributed by atoms with van der Waals surface area (Å²) in [7, 11) is 0. The zero-order valence-corrected chi connectivity index (χ0v) is 14.4. The molecule has 1 aliphatic carbocycles. The summed E-state index contributed by atoms with van der Waals surface area (Å²) in [6.07, 6.45) is 6.46. The molecule has 2 N–H and O–H groups in total. The molecule has 6 heteroatoms. The second kappa shape index (κ2) is 6.53. The fourth-order valence-electron chi connectivity index (χ4n) is 4.00. The maximum atomic E-state index is 12.6. The van der Waals surface area contributed by atoms with Crippen LogP contribution in [0.25, 0.3) is 0 Å². The Morgan fingerprint density at radius 1 is 1.27 bits per heavy atom. The Balaban J connectivity index is 1.54. The predicted octanol–water partition coefficient (Wildman–Crippen LogP) is 2.11. The van der Waals surface area contributed by atoms with Gasteiger partial charge < -0.3 is 5.32 Å². The SMILES string of the molecule is O=C(c1ccc2c(c1)C[C@@]1(CCNC1=O)CC2)N(O)Cc1cccnc1. The highest BCUT2D eigenvalue weighted by atomic mass is 16.5. The number of pyridine rings is 1. The Hall–Kier alpha value is -2.73. The van der Waals surface area contributed by atoms with Gasteiger partial charge in [0, 0.05) is 24.5 Å². The van der Waals surface area contributed by atoms with E-state index in [-0.39, 0.29) is 17.9 Å². The Morgan fingerprint density at radius 2 is 2.15 bits per heavy atom. The predicted molar refractivity (Wildman–Crippen MR) is 94.4 cm³/mol. The smallest absolute Gasteiger partial charge is 0.277 e. The number of aryl methyl sites for hydroxylation is 1. The Labute approximate surface area is 151 Å². The third-order valence-corrected chi connectivity index (χ3v) is 5.52. The molecule has 1 atom stereocenters. The highest BCUT2D eigenvalue weighted by Crippen LogP contribution is 2.41. The number of amides is 2. The summed E-state index contributed by atoms with van der Waals surface area (Å²) >= 11 is 0. The van der Waals surface area contributed by atoms with E-state index in [1.807, 2.05) is 12.1 Å². The zero-order chi connectivity index (χ0) is 18.1. The number of hydrogen-bond acceptors (Lipinski definition) is 4. The number of nitrogens with one attached hydrogen (secondary N) is 1. The molecule has 4 rings (SSSR count). The lowest BCUT2D eigenvalue weighted by Crippen LogP contribution is -2.36. The van der Waals surface area contributed by atoms with Crippen LogP contribution in [0.2, 0.25) is 0 Å². The summed E-state index contributed by atoms with van der Waals surface area (Å²) < 4.78 is 0. The maximum absolute atomic E-state index is 12.6. The lowest BCUT2D eigenvalue weighted by atomic mass is 9.70. The number of benzene rings is 1. The van der Waals surface area contributed by atoms with Crippen LogP contribution in [0.5, 0.6) is 0 Å². The number of fused-ring (bicyclic) bond motifs is 1. The van der Waals surface area contributed by atoms with E-state index >= 15 is 0 Å². The molecule has 1 fully saturated rings. The molecule has 0 saturated carbocycles. The topological polar surface area (TPSA) is 82.5 Å². The standard InChI is InChI=1S/C20H21N3O3/c24-18(23(26)13-14-2-1-8-21-12-14)16-4-3-15-5-6-20(11-17(15)10-16)7-9-22-19(20)25/h1-4,8,10,12,26H,5-7,9,11,13H2,(H,22,25)/t20-/m0/s1. The number of carbonyl (C=O) groups excluding carboxylic acids is 2. The van der Waals surface area contributed by atoms with Crippen molar-refractivity contribution in [3.8, 4) is 0 Å². The molecule has 1 aromatic heterocycles. The van der Waals surface area contributed by atoms with E-state index in [0.717, 1.165) is 36.9 Å². The highest BCUT2D eigenvalue weighted by molar-refractivity contribution is 5.94. The largest absolute Gasteiger partial charge is 0.356 e. The fraction of sp³-hybridized carbons (Fsp3) is 0.350. The monoisotopic (exact) mass is 351 g/mol. The molecule has 2 aliphatic rings. The van der Waals surface area contributed by atoms with Gasteiger partial charge in [0.2, 0.25) is 5.91 Å². The molecule has 1 aliphatic heterocycles. The lowest BCUT2D eigenvalue weighted by molar-refractivity contribution is -0.128. The van der Waals surface area contributed by atoms with Gasteiger partial charge in [-0.3, -0.25) is 19.8 Å². The van der Waals surface area contributed by atoms with Crippen molar-refractivity contribution in [1.82, 2.24) is 15.4 Å². The first-order valence-corrected chi connectivity index (χ1v) is 8.87. The summed E-state index contributed by atoms with van der Waals surface area (Å²) in [5, 5.41) is 13.8. The van der Waals surface area contributed by atoms with E-state index in [9.17, 15) is 14.8 Å². The Bertz CT molecular complexity index is 853. The summed E-state index contributed by atoms with van der Waals surface area (Å²) in [5.41, 5.74) is 3.08. The molecular formula is C20H21N3O3. The second-order valence-electron chi connectivity index (χ2n) is 7.17. The highest BCUT2D eigenvalue weighted by Gasteiger charge is 2.44. The summed E-state index contributed by atoms with van der Waals surface area (Å²) in [4.78, 5) is 28.8. The van der Waals surface area contributed by atoms with Crippen LogP contribution in [0.4, 0.5) is 0 Å². The summed E-state index contributed by atoms with van der Waals surface area (Å²) in [6.45, 7) is 0.804. The average molecular weight is 351 g/mol. The van der Waals surface area contributed by atoms with Gasteiger partial charge in [0.15, 0.2) is 0 Å². The number of aromatic nitrogens is 1. The van der Waals surface area contributed by atoms with Gasteiger partial charge in [-0.15, -0.1) is 0 Å². The molecule has 1 saturated heterocycles. The third kappa shape index (κ3) is 2.97. The quantitative estimate of drug-likeness (QED) is 0.655. The van der Waals surface area contributed by atoms with Crippen molar-refractivity contribution in [2.24, 2.45) is 5.41 Å². The van der Waals surface area contributed by atoms with E-state index in [2.05, 4.69) is 10.3 Å². The molecule has 1 spiro atoms. The Kier molecular flexibility index (Phi) is 4.20. The molecule has 2 aromatic rings. The number of nitrogens with zero attached hydrogens (tertiary/aromatic N) is 2. The average Bonchev–Trinajstić information content (AvgIpc) is 3.01. The van der Waals surface area contributed by atoms with Crippen LogP contribution in [0.15, 0.2) is 42.7 Å². The van der Waals surface area contributed by atoms with E-state index in [1.54, 1.807) is 30.6 Å². The number of carbonyl (C=O) groups is 2. The molecule has 2 heterocycles.